The van der Waals surface area contributed by atoms with Crippen molar-refractivity contribution in [1.82, 2.24) is 4.90 Å². The first kappa shape index (κ1) is 15.1. The number of piperidine rings is 1. The van der Waals surface area contributed by atoms with Gasteiger partial charge in [-0.25, -0.2) is 0 Å². The van der Waals surface area contributed by atoms with Crippen LogP contribution in [0.25, 0.3) is 0 Å². The molecule has 0 radical (unpaired) electrons. The Hall–Kier alpha value is -1.33. The summed E-state index contributed by atoms with van der Waals surface area (Å²) in [7, 11) is 0. The van der Waals surface area contributed by atoms with E-state index in [0.29, 0.717) is 5.92 Å². The second kappa shape index (κ2) is 6.90. The van der Waals surface area contributed by atoms with Crippen molar-refractivity contribution in [1.29, 1.82) is 5.26 Å². The topological polar surface area (TPSA) is 27.0 Å². The van der Waals surface area contributed by atoms with E-state index < -0.39 is 0 Å². The molecule has 2 nitrogen and oxygen atoms in total. The minimum atomic E-state index is -0.349. The number of rotatable bonds is 5. The van der Waals surface area contributed by atoms with E-state index in [0.717, 1.165) is 13.0 Å². The summed E-state index contributed by atoms with van der Waals surface area (Å²) >= 11 is 0. The van der Waals surface area contributed by atoms with Crippen molar-refractivity contribution < 1.29 is 0 Å². The molecule has 1 aliphatic rings. The lowest BCUT2D eigenvalue weighted by Crippen LogP contribution is -2.38. The lowest BCUT2D eigenvalue weighted by molar-refractivity contribution is 0.202. The van der Waals surface area contributed by atoms with Crippen molar-refractivity contribution in [3.63, 3.8) is 0 Å². The summed E-state index contributed by atoms with van der Waals surface area (Å²) in [6.45, 7) is 7.79. The molecular weight excluding hydrogens is 244 g/mol. The summed E-state index contributed by atoms with van der Waals surface area (Å²) in [5.41, 5.74) is 0.827. The number of likely N-dealkylation sites (tertiary alicyclic amines) is 1. The molecule has 0 aromatic heterocycles. The molecule has 1 atom stereocenters. The maximum Gasteiger partial charge on any atom is 0.0857 e. The van der Waals surface area contributed by atoms with Gasteiger partial charge in [-0.05, 0) is 50.4 Å². The van der Waals surface area contributed by atoms with Crippen LogP contribution in [0.2, 0.25) is 0 Å². The van der Waals surface area contributed by atoms with Gasteiger partial charge in [-0.3, -0.25) is 0 Å². The molecule has 0 bridgehead atoms. The van der Waals surface area contributed by atoms with Crippen molar-refractivity contribution in [3.8, 4) is 6.07 Å². The maximum absolute atomic E-state index is 9.86. The molecule has 108 valence electrons. The SMILES string of the molecule is CC(C)[C@](C#N)(CCN1CCCCC1)c1ccccc1. The van der Waals surface area contributed by atoms with Gasteiger partial charge in [0.2, 0.25) is 0 Å². The van der Waals surface area contributed by atoms with E-state index in [2.05, 4.69) is 36.9 Å². The highest BCUT2D eigenvalue weighted by atomic mass is 15.1. The quantitative estimate of drug-likeness (QED) is 0.809. The summed E-state index contributed by atoms with van der Waals surface area (Å²) in [6, 6.07) is 13.0. The van der Waals surface area contributed by atoms with Gasteiger partial charge in [0, 0.05) is 0 Å². The van der Waals surface area contributed by atoms with Crippen LogP contribution in [0.3, 0.4) is 0 Å². The zero-order chi connectivity index (χ0) is 14.4. The van der Waals surface area contributed by atoms with Gasteiger partial charge < -0.3 is 4.90 Å². The summed E-state index contributed by atoms with van der Waals surface area (Å²) in [5, 5.41) is 9.86. The van der Waals surface area contributed by atoms with Crippen LogP contribution < -0.4 is 0 Å². The molecule has 0 N–H and O–H groups in total. The smallest absolute Gasteiger partial charge is 0.0857 e. The van der Waals surface area contributed by atoms with Crippen molar-refractivity contribution in [3.05, 3.63) is 35.9 Å². The first-order valence-electron chi connectivity index (χ1n) is 7.88. The van der Waals surface area contributed by atoms with Gasteiger partial charge in [-0.2, -0.15) is 5.26 Å². The third kappa shape index (κ3) is 3.22. The lowest BCUT2D eigenvalue weighted by atomic mass is 9.70. The van der Waals surface area contributed by atoms with Crippen molar-refractivity contribution in [2.75, 3.05) is 19.6 Å². The van der Waals surface area contributed by atoms with Crippen LogP contribution in [0.5, 0.6) is 0 Å². The highest BCUT2D eigenvalue weighted by Gasteiger charge is 2.36. The third-order valence-electron chi connectivity index (χ3n) is 4.75. The molecule has 2 heteroatoms. The normalized spacial score (nSPS) is 19.5. The molecule has 0 saturated carbocycles. The Bertz CT molecular complexity index is 440. The number of hydrogen-bond acceptors (Lipinski definition) is 2. The van der Waals surface area contributed by atoms with Crippen LogP contribution >= 0.6 is 0 Å². The summed E-state index contributed by atoms with van der Waals surface area (Å²) < 4.78 is 0. The summed E-state index contributed by atoms with van der Waals surface area (Å²) in [5.74, 6) is 0.333. The molecule has 1 aromatic carbocycles. The van der Waals surface area contributed by atoms with Gasteiger partial charge in [0.05, 0.1) is 11.5 Å². The Labute approximate surface area is 123 Å². The van der Waals surface area contributed by atoms with E-state index in [9.17, 15) is 5.26 Å². The Kier molecular flexibility index (Phi) is 5.20. The van der Waals surface area contributed by atoms with E-state index in [-0.39, 0.29) is 5.41 Å². The highest BCUT2D eigenvalue weighted by Crippen LogP contribution is 2.35. The Morgan fingerprint density at radius 2 is 1.80 bits per heavy atom. The van der Waals surface area contributed by atoms with Crippen LogP contribution in [-0.2, 0) is 5.41 Å². The van der Waals surface area contributed by atoms with Crippen molar-refractivity contribution in [2.24, 2.45) is 5.92 Å². The van der Waals surface area contributed by atoms with Gasteiger partial charge >= 0.3 is 0 Å². The molecule has 1 aromatic rings. The second-order valence-corrected chi connectivity index (χ2v) is 6.26. The third-order valence-corrected chi connectivity index (χ3v) is 4.75. The predicted molar refractivity (Wildman–Crippen MR) is 83.5 cm³/mol. The van der Waals surface area contributed by atoms with Crippen LogP contribution in [-0.4, -0.2) is 24.5 Å². The predicted octanol–water partition coefficient (Wildman–Crippen LogP) is 3.98. The molecule has 20 heavy (non-hydrogen) atoms. The van der Waals surface area contributed by atoms with Crippen molar-refractivity contribution >= 4 is 0 Å². The molecule has 1 fully saturated rings. The molecule has 2 rings (SSSR count). The number of nitriles is 1. The first-order chi connectivity index (χ1) is 9.69. The highest BCUT2D eigenvalue weighted by molar-refractivity contribution is 5.33. The zero-order valence-corrected chi connectivity index (χ0v) is 12.8. The fraction of sp³-hybridized carbons (Fsp3) is 0.611. The molecule has 1 heterocycles. The van der Waals surface area contributed by atoms with Crippen LogP contribution in [0.4, 0.5) is 0 Å². The fourth-order valence-corrected chi connectivity index (χ4v) is 3.27. The molecular formula is C18H26N2. The van der Waals surface area contributed by atoms with Crippen LogP contribution in [0.15, 0.2) is 30.3 Å². The van der Waals surface area contributed by atoms with Gasteiger partial charge in [0.25, 0.3) is 0 Å². The average Bonchev–Trinajstić information content (AvgIpc) is 2.50. The standard InChI is InChI=1S/C18H26N2/c1-16(2)18(15-19,17-9-5-3-6-10-17)11-14-20-12-7-4-8-13-20/h3,5-6,9-10,16H,4,7-8,11-14H2,1-2H3/t18-/m1/s1. The van der Waals surface area contributed by atoms with Gasteiger partial charge in [0.15, 0.2) is 0 Å². The minimum absolute atomic E-state index is 0.333. The Morgan fingerprint density at radius 3 is 2.35 bits per heavy atom. The second-order valence-electron chi connectivity index (χ2n) is 6.26. The molecule has 1 saturated heterocycles. The largest absolute Gasteiger partial charge is 0.303 e. The number of nitrogens with zero attached hydrogens (tertiary/aromatic N) is 2. The van der Waals surface area contributed by atoms with Crippen LogP contribution in [0, 0.1) is 17.2 Å². The molecule has 0 aliphatic carbocycles. The summed E-state index contributed by atoms with van der Waals surface area (Å²) in [6.07, 6.45) is 4.92. The zero-order valence-electron chi connectivity index (χ0n) is 12.8. The Morgan fingerprint density at radius 1 is 1.15 bits per heavy atom. The Balaban J connectivity index is 2.13. The lowest BCUT2D eigenvalue weighted by Gasteiger charge is -2.35. The molecule has 1 aliphatic heterocycles. The van der Waals surface area contributed by atoms with Gasteiger partial charge in [-0.15, -0.1) is 0 Å². The van der Waals surface area contributed by atoms with Gasteiger partial charge in [0.1, 0.15) is 0 Å². The number of benzene rings is 1. The minimum Gasteiger partial charge on any atom is -0.303 e. The van der Waals surface area contributed by atoms with Crippen molar-refractivity contribution in [2.45, 2.75) is 44.9 Å². The first-order valence-corrected chi connectivity index (χ1v) is 7.88. The molecule has 0 unspecified atom stereocenters. The summed E-state index contributed by atoms with van der Waals surface area (Å²) in [4.78, 5) is 2.53. The molecule has 0 spiro atoms. The van der Waals surface area contributed by atoms with E-state index in [1.807, 2.05) is 18.2 Å². The fourth-order valence-electron chi connectivity index (χ4n) is 3.27. The van der Waals surface area contributed by atoms with Crippen LogP contribution in [0.1, 0.15) is 45.1 Å². The maximum atomic E-state index is 9.86. The van der Waals surface area contributed by atoms with E-state index in [1.54, 1.807) is 0 Å². The average molecular weight is 270 g/mol. The van der Waals surface area contributed by atoms with E-state index in [4.69, 9.17) is 0 Å². The van der Waals surface area contributed by atoms with Gasteiger partial charge in [-0.1, -0.05) is 50.6 Å². The van der Waals surface area contributed by atoms with E-state index in [1.165, 1.54) is 37.9 Å². The van der Waals surface area contributed by atoms with E-state index >= 15 is 0 Å². The molecule has 0 amide bonds. The number of hydrogen-bond donors (Lipinski definition) is 0. The monoisotopic (exact) mass is 270 g/mol.